The molecule has 0 radical (unpaired) electrons. The molecule has 0 saturated heterocycles. The highest BCUT2D eigenvalue weighted by atomic mass is 15.2. The maximum Gasteiger partial charge on any atom is 0.0653 e. The number of para-hydroxylation sites is 2. The van der Waals surface area contributed by atoms with Crippen LogP contribution in [0.1, 0.15) is 121 Å². The van der Waals surface area contributed by atoms with Crippen molar-refractivity contribution in [2.24, 2.45) is 0 Å². The Morgan fingerprint density at radius 2 is 0.629 bits per heavy atom. The molecule has 4 heteroatoms. The van der Waals surface area contributed by atoms with Gasteiger partial charge in [-0.05, 0) is 131 Å². The number of aromatic nitrogens is 2. The van der Waals surface area contributed by atoms with Gasteiger partial charge in [-0.2, -0.15) is 0 Å². The summed E-state index contributed by atoms with van der Waals surface area (Å²) in [7, 11) is 0. The summed E-state index contributed by atoms with van der Waals surface area (Å²) in [4.78, 5) is 3.66. The van der Waals surface area contributed by atoms with E-state index in [1.807, 2.05) is 107 Å². The number of rotatable bonds is 10. The highest BCUT2D eigenvalue weighted by Crippen LogP contribution is 2.51. The van der Waals surface area contributed by atoms with E-state index in [-0.39, 0.29) is 147 Å². The van der Waals surface area contributed by atoms with Crippen molar-refractivity contribution in [3.05, 3.63) is 204 Å². The molecule has 0 aliphatic heterocycles. The maximum absolute atomic E-state index is 10.6. The van der Waals surface area contributed by atoms with Crippen LogP contribution in [0.3, 0.4) is 0 Å². The molecule has 4 nitrogen and oxygen atoms in total. The first-order valence-electron chi connectivity index (χ1n) is 31.2. The summed E-state index contributed by atoms with van der Waals surface area (Å²) in [6.45, 7) is 16.7. The second-order valence-corrected chi connectivity index (χ2v) is 19.9. The summed E-state index contributed by atoms with van der Waals surface area (Å²) >= 11 is 0. The van der Waals surface area contributed by atoms with Gasteiger partial charge in [0.2, 0.25) is 0 Å². The molecule has 0 aliphatic carbocycles. The van der Waals surface area contributed by atoms with Gasteiger partial charge in [0.1, 0.15) is 0 Å². The number of anilines is 6. The van der Waals surface area contributed by atoms with E-state index in [9.17, 15) is 13.7 Å². The largest absolute Gasteiger partial charge is 0.310 e. The van der Waals surface area contributed by atoms with E-state index in [0.29, 0.717) is 22.7 Å². The third-order valence-electron chi connectivity index (χ3n) is 14.4. The smallest absolute Gasteiger partial charge is 0.0653 e. The van der Waals surface area contributed by atoms with E-state index < -0.39 is 48.3 Å². The van der Waals surface area contributed by atoms with Gasteiger partial charge in [-0.1, -0.05) is 152 Å². The van der Waals surface area contributed by atoms with Crippen molar-refractivity contribution in [2.45, 2.75) is 79.1 Å². The standard InChI is InChI=1S/C66H58N4/c1-39(2)43-17-25-47(26-18-43)67(48-27-19-44(20-28-48)40(3)4)59-35-33-51-55-37-62-56(38-61(55)69-57-15-11-9-13-53(57)63(59)65(51)69)52-34-36-60(64-54-14-10-12-16-58(54)70(62)66(52)64)68(49-29-21-45(22-30-49)41(5)6)50-31-23-46(24-32-50)42(7)8/h9-42H,1-8H3/i9D,10D,11D,12D,13D,14D,15D,16D,33D,34D,35D,36D,37D,38D. The summed E-state index contributed by atoms with van der Waals surface area (Å²) < 4.78 is 141. The normalized spacial score (nSPS) is 15.3. The number of nitrogens with zero attached hydrogens (tertiary/aromatic N) is 4. The fourth-order valence-electron chi connectivity index (χ4n) is 10.6. The first-order valence-corrected chi connectivity index (χ1v) is 24.2. The molecular formula is C66H58N4. The molecule has 0 spiro atoms. The third kappa shape index (κ3) is 6.21. The van der Waals surface area contributed by atoms with Crippen molar-refractivity contribution in [3.8, 4) is 0 Å². The molecule has 4 aromatic heterocycles. The van der Waals surface area contributed by atoms with E-state index in [2.05, 4.69) is 55.4 Å². The van der Waals surface area contributed by atoms with Crippen molar-refractivity contribution in [2.75, 3.05) is 9.80 Å². The Hall–Kier alpha value is -7.82. The Bertz CT molecular complexity index is 4520. The Labute approximate surface area is 430 Å². The molecule has 0 bridgehead atoms. The highest BCUT2D eigenvalue weighted by molar-refractivity contribution is 6.32. The molecule has 342 valence electrons. The predicted molar refractivity (Wildman–Crippen MR) is 301 cm³/mol. The summed E-state index contributed by atoms with van der Waals surface area (Å²) in [5, 5.41) is 0.484. The Balaban J connectivity index is 1.25. The quantitative estimate of drug-likeness (QED) is 0.136. The Morgan fingerprint density at radius 1 is 0.329 bits per heavy atom. The fraction of sp³-hybridized carbons (Fsp3) is 0.182. The van der Waals surface area contributed by atoms with Crippen molar-refractivity contribution in [1.29, 1.82) is 0 Å². The second-order valence-electron chi connectivity index (χ2n) is 19.9. The zero-order valence-corrected chi connectivity index (χ0v) is 40.3. The number of hydrogen-bond acceptors (Lipinski definition) is 2. The lowest BCUT2D eigenvalue weighted by molar-refractivity contribution is 0.866. The number of fused-ring (bicyclic) bond motifs is 12. The van der Waals surface area contributed by atoms with Gasteiger partial charge in [0.25, 0.3) is 0 Å². The number of hydrogen-bond donors (Lipinski definition) is 0. The van der Waals surface area contributed by atoms with Crippen LogP contribution in [0.4, 0.5) is 34.1 Å². The molecule has 0 atom stereocenters. The first-order chi connectivity index (χ1) is 39.9. The summed E-state index contributed by atoms with van der Waals surface area (Å²) in [5.41, 5.74) is 7.11. The van der Waals surface area contributed by atoms with Crippen LogP contribution in [0.15, 0.2) is 182 Å². The zero-order chi connectivity index (χ0) is 59.9. The molecule has 70 heavy (non-hydrogen) atoms. The summed E-state index contributed by atoms with van der Waals surface area (Å²) in [6, 6.07) is 25.4. The minimum Gasteiger partial charge on any atom is -0.310 e. The van der Waals surface area contributed by atoms with Gasteiger partial charge < -0.3 is 18.6 Å². The van der Waals surface area contributed by atoms with Crippen LogP contribution >= 0.6 is 0 Å². The van der Waals surface area contributed by atoms with Crippen LogP contribution in [0.5, 0.6) is 0 Å². The minimum absolute atomic E-state index is 0.00848. The van der Waals surface area contributed by atoms with E-state index in [4.69, 9.17) is 5.48 Å². The molecule has 0 N–H and O–H groups in total. The van der Waals surface area contributed by atoms with Crippen LogP contribution in [0.25, 0.3) is 76.2 Å². The third-order valence-corrected chi connectivity index (χ3v) is 14.4. The van der Waals surface area contributed by atoms with Crippen LogP contribution in [0, 0.1) is 0 Å². The van der Waals surface area contributed by atoms with Gasteiger partial charge in [-0.15, -0.1) is 0 Å². The molecule has 13 aromatic rings. The number of benzene rings is 9. The lowest BCUT2D eigenvalue weighted by atomic mass is 10.00. The second kappa shape index (κ2) is 15.9. The monoisotopic (exact) mass is 921 g/mol. The van der Waals surface area contributed by atoms with Gasteiger partial charge >= 0.3 is 0 Å². The van der Waals surface area contributed by atoms with E-state index in [1.54, 1.807) is 0 Å². The van der Waals surface area contributed by atoms with Gasteiger partial charge in [-0.3, -0.25) is 0 Å². The van der Waals surface area contributed by atoms with Gasteiger partial charge in [0.15, 0.2) is 0 Å². The van der Waals surface area contributed by atoms with Gasteiger partial charge in [0.05, 0.1) is 63.7 Å². The zero-order valence-electron chi connectivity index (χ0n) is 54.3. The van der Waals surface area contributed by atoms with Crippen molar-refractivity contribution in [3.63, 3.8) is 0 Å². The van der Waals surface area contributed by atoms with Gasteiger partial charge in [0, 0.05) is 65.8 Å². The van der Waals surface area contributed by atoms with Crippen LogP contribution in [-0.2, 0) is 0 Å². The van der Waals surface area contributed by atoms with Crippen molar-refractivity contribution >= 4 is 110 Å². The van der Waals surface area contributed by atoms with Crippen LogP contribution < -0.4 is 9.80 Å². The molecule has 13 rings (SSSR count). The molecule has 4 heterocycles. The molecule has 0 saturated carbocycles. The predicted octanol–water partition coefficient (Wildman–Crippen LogP) is 19.4. The summed E-state index contributed by atoms with van der Waals surface area (Å²) in [5.74, 6) is 0.744. The van der Waals surface area contributed by atoms with Crippen LogP contribution in [-0.4, -0.2) is 8.80 Å². The Kier molecular flexibility index (Phi) is 6.78. The maximum atomic E-state index is 10.6. The lowest BCUT2D eigenvalue weighted by Gasteiger charge is -2.27. The first kappa shape index (κ1) is 29.9. The Morgan fingerprint density at radius 3 is 0.929 bits per heavy atom. The average Bonchev–Trinajstić information content (AvgIpc) is 1.49. The minimum atomic E-state index is -0.562. The molecule has 0 aliphatic rings. The molecular weight excluding hydrogens is 849 g/mol. The van der Waals surface area contributed by atoms with Gasteiger partial charge in [-0.25, -0.2) is 0 Å². The van der Waals surface area contributed by atoms with E-state index in [0.717, 1.165) is 22.3 Å². The van der Waals surface area contributed by atoms with Crippen molar-refractivity contribution < 1.29 is 19.2 Å². The molecule has 0 unspecified atom stereocenters. The lowest BCUT2D eigenvalue weighted by Crippen LogP contribution is -2.10. The average molecular weight is 921 g/mol. The van der Waals surface area contributed by atoms with E-state index >= 15 is 0 Å². The summed E-state index contributed by atoms with van der Waals surface area (Å²) in [6.07, 6.45) is 0. The molecule has 0 fully saturated rings. The van der Waals surface area contributed by atoms with Crippen LogP contribution in [0.2, 0.25) is 0 Å². The SMILES string of the molecule is [2H]c1c([2H])c([2H])c2c(c1[2H])c1c(N(c3ccc(C(C)C)cc3)c3ccc(C(C)C)cc3)c([2H])c([2H])c3c4c([2H])c5c(c([2H])c4n2c31)c1c([2H])c([2H])c(N(c2ccc(C(C)C)cc2)c2ccc(C(C)C)cc2)c2c3c([2H])c([2H])c([2H])c([2H])c3n5c12. The van der Waals surface area contributed by atoms with E-state index in [1.165, 1.54) is 8.80 Å². The van der Waals surface area contributed by atoms with Crippen molar-refractivity contribution in [1.82, 2.24) is 8.80 Å². The highest BCUT2D eigenvalue weighted by Gasteiger charge is 2.28. The fourth-order valence-corrected chi connectivity index (χ4v) is 10.6. The molecule has 9 aromatic carbocycles. The molecule has 0 amide bonds. The topological polar surface area (TPSA) is 15.3 Å².